The molecule has 4 aromatic carbocycles. The summed E-state index contributed by atoms with van der Waals surface area (Å²) in [6, 6.07) is 31.0. The van der Waals surface area contributed by atoms with Crippen LogP contribution in [0.2, 0.25) is 0 Å². The summed E-state index contributed by atoms with van der Waals surface area (Å²) in [6.07, 6.45) is 2.07. The number of fused-ring (bicyclic) bond motifs is 2. The van der Waals surface area contributed by atoms with Gasteiger partial charge in [-0.2, -0.15) is 0 Å². The molecule has 0 bridgehead atoms. The van der Waals surface area contributed by atoms with Crippen molar-refractivity contribution in [3.05, 3.63) is 120 Å². The van der Waals surface area contributed by atoms with Gasteiger partial charge in [0, 0.05) is 61.0 Å². The van der Waals surface area contributed by atoms with Crippen LogP contribution in [0.3, 0.4) is 0 Å². The first-order valence-electron chi connectivity index (χ1n) is 17.2. The topological polar surface area (TPSA) is 96.3 Å². The van der Waals surface area contributed by atoms with Gasteiger partial charge in [-0.05, 0) is 73.6 Å². The normalized spacial score (nSPS) is 17.0. The van der Waals surface area contributed by atoms with Crippen LogP contribution in [0.5, 0.6) is 17.2 Å². The lowest BCUT2D eigenvalue weighted by Gasteiger charge is -2.34. The van der Waals surface area contributed by atoms with Gasteiger partial charge in [-0.25, -0.2) is 0 Å². The summed E-state index contributed by atoms with van der Waals surface area (Å²) < 4.78 is 14.7. The largest absolute Gasteiger partial charge is 0.488 e. The van der Waals surface area contributed by atoms with E-state index in [4.69, 9.17) is 9.47 Å². The number of anilines is 1. The Bertz CT molecular complexity index is 1920. The lowest BCUT2D eigenvalue weighted by molar-refractivity contribution is -0.134. The number of aliphatic hydroxyl groups excluding tert-OH is 1. The predicted octanol–water partition coefficient (Wildman–Crippen LogP) is 6.43. The van der Waals surface area contributed by atoms with Crippen molar-refractivity contribution >= 4 is 28.4 Å². The Morgan fingerprint density at radius 2 is 1.74 bits per heavy atom. The molecule has 0 radical (unpaired) electrons. The monoisotopic (exact) mass is 674 g/mol. The molecule has 0 fully saturated rings. The molecule has 1 aliphatic rings. The maximum atomic E-state index is 13.7. The van der Waals surface area contributed by atoms with Gasteiger partial charge < -0.3 is 29.4 Å². The van der Waals surface area contributed by atoms with Crippen molar-refractivity contribution in [2.24, 2.45) is 13.0 Å². The molecule has 2 N–H and O–H groups in total. The summed E-state index contributed by atoms with van der Waals surface area (Å²) in [5.41, 5.74) is 4.47. The minimum atomic E-state index is -0.343. The number of rotatable bonds is 11. The van der Waals surface area contributed by atoms with Crippen molar-refractivity contribution in [2.75, 3.05) is 32.1 Å². The van der Waals surface area contributed by atoms with Crippen LogP contribution in [0, 0.1) is 5.92 Å². The highest BCUT2D eigenvalue weighted by Crippen LogP contribution is 2.30. The van der Waals surface area contributed by atoms with Crippen LogP contribution >= 0.6 is 0 Å². The molecule has 5 aromatic rings. The van der Waals surface area contributed by atoms with Crippen molar-refractivity contribution < 1.29 is 24.2 Å². The van der Waals surface area contributed by atoms with Crippen LogP contribution in [0.25, 0.3) is 10.9 Å². The quantitative estimate of drug-likeness (QED) is 0.168. The molecular formula is C41H46N4O5. The van der Waals surface area contributed by atoms with Gasteiger partial charge in [-0.1, -0.05) is 55.5 Å². The number of amides is 2. The van der Waals surface area contributed by atoms with E-state index in [1.54, 1.807) is 4.90 Å². The predicted molar refractivity (Wildman–Crippen MR) is 197 cm³/mol. The summed E-state index contributed by atoms with van der Waals surface area (Å²) in [7, 11) is 4.04. The number of aromatic nitrogens is 1. The fourth-order valence-electron chi connectivity index (χ4n) is 6.64. The SMILES string of the molecule is C[C@H]1CN([C@@H](C)CO)C(=O)Cc2cc(NC(=O)Cc3cn(C)c4ccccc34)ccc2O[C@H]1CN(C)Cc1ccc(Oc2ccccc2)cc1. The number of benzene rings is 4. The number of aryl methyl sites for hydroxylation is 1. The van der Waals surface area contributed by atoms with Gasteiger partial charge in [0.2, 0.25) is 11.8 Å². The fourth-order valence-corrected chi connectivity index (χ4v) is 6.64. The second-order valence-electron chi connectivity index (χ2n) is 13.5. The Morgan fingerprint density at radius 3 is 2.50 bits per heavy atom. The number of carbonyl (C=O) groups excluding carboxylic acids is 2. The van der Waals surface area contributed by atoms with Crippen LogP contribution in [0.4, 0.5) is 5.69 Å². The second-order valence-corrected chi connectivity index (χ2v) is 13.5. The zero-order chi connectivity index (χ0) is 35.2. The number of carbonyl (C=O) groups is 2. The van der Waals surface area contributed by atoms with Gasteiger partial charge in [-0.3, -0.25) is 14.5 Å². The molecule has 50 heavy (non-hydrogen) atoms. The molecule has 0 saturated heterocycles. The Morgan fingerprint density at radius 1 is 1.02 bits per heavy atom. The molecule has 0 saturated carbocycles. The van der Waals surface area contributed by atoms with Gasteiger partial charge in [0.25, 0.3) is 0 Å². The molecular weight excluding hydrogens is 628 g/mol. The number of nitrogens with one attached hydrogen (secondary N) is 1. The van der Waals surface area contributed by atoms with Gasteiger partial charge in [0.05, 0.1) is 25.5 Å². The van der Waals surface area contributed by atoms with E-state index in [9.17, 15) is 14.7 Å². The molecule has 260 valence electrons. The van der Waals surface area contributed by atoms with Crippen molar-refractivity contribution in [1.82, 2.24) is 14.4 Å². The average Bonchev–Trinajstić information content (AvgIpc) is 3.44. The number of hydrogen-bond donors (Lipinski definition) is 2. The van der Waals surface area contributed by atoms with E-state index >= 15 is 0 Å². The van der Waals surface area contributed by atoms with Crippen molar-refractivity contribution in [1.29, 1.82) is 0 Å². The summed E-state index contributed by atoms with van der Waals surface area (Å²) >= 11 is 0. The molecule has 2 amide bonds. The molecule has 9 nitrogen and oxygen atoms in total. The Hall–Kier alpha value is -5.12. The molecule has 6 rings (SSSR count). The van der Waals surface area contributed by atoms with Gasteiger partial charge in [0.15, 0.2) is 0 Å². The first kappa shape index (κ1) is 34.7. The highest BCUT2D eigenvalue weighted by molar-refractivity contribution is 5.96. The van der Waals surface area contributed by atoms with Gasteiger partial charge >= 0.3 is 0 Å². The minimum Gasteiger partial charge on any atom is -0.488 e. The maximum absolute atomic E-state index is 13.7. The van der Waals surface area contributed by atoms with Crippen molar-refractivity contribution in [3.63, 3.8) is 0 Å². The average molecular weight is 675 g/mol. The zero-order valence-electron chi connectivity index (χ0n) is 29.2. The van der Waals surface area contributed by atoms with E-state index in [-0.39, 0.29) is 49.3 Å². The van der Waals surface area contributed by atoms with E-state index in [0.717, 1.165) is 33.5 Å². The van der Waals surface area contributed by atoms with Crippen molar-refractivity contribution in [3.8, 4) is 17.2 Å². The van der Waals surface area contributed by atoms with Crippen LogP contribution < -0.4 is 14.8 Å². The summed E-state index contributed by atoms with van der Waals surface area (Å²) in [6.45, 7) is 5.58. The van der Waals surface area contributed by atoms with E-state index in [1.807, 2.05) is 110 Å². The number of para-hydroxylation sites is 2. The third kappa shape index (κ3) is 8.35. The highest BCUT2D eigenvalue weighted by atomic mass is 16.5. The van der Waals surface area contributed by atoms with Crippen LogP contribution in [0.15, 0.2) is 103 Å². The van der Waals surface area contributed by atoms with Crippen molar-refractivity contribution in [2.45, 2.75) is 45.4 Å². The Kier molecular flexibility index (Phi) is 10.8. The third-order valence-electron chi connectivity index (χ3n) is 9.38. The molecule has 2 heterocycles. The highest BCUT2D eigenvalue weighted by Gasteiger charge is 2.31. The summed E-state index contributed by atoms with van der Waals surface area (Å²) in [4.78, 5) is 30.9. The fraction of sp³-hybridized carbons (Fsp3) is 0.317. The molecule has 1 aliphatic heterocycles. The van der Waals surface area contributed by atoms with E-state index in [1.165, 1.54) is 0 Å². The minimum absolute atomic E-state index is 0.0249. The lowest BCUT2D eigenvalue weighted by atomic mass is 10.0. The number of aliphatic hydroxyl groups is 1. The van der Waals surface area contributed by atoms with E-state index in [2.05, 4.69) is 36.3 Å². The molecule has 0 spiro atoms. The van der Waals surface area contributed by atoms with E-state index < -0.39 is 0 Å². The van der Waals surface area contributed by atoms with Crippen LogP contribution in [-0.4, -0.2) is 70.2 Å². The Balaban J connectivity index is 1.17. The van der Waals surface area contributed by atoms with Crippen LogP contribution in [-0.2, 0) is 36.0 Å². The number of likely N-dealkylation sites (N-methyl/N-ethyl adjacent to an activating group) is 1. The third-order valence-corrected chi connectivity index (χ3v) is 9.38. The second kappa shape index (κ2) is 15.6. The first-order valence-corrected chi connectivity index (χ1v) is 17.2. The Labute approximate surface area is 294 Å². The van der Waals surface area contributed by atoms with Gasteiger partial charge in [-0.15, -0.1) is 0 Å². The standard InChI is InChI=1S/C41H46N4O5/c1-28-23-45(29(2)27-46)41(48)22-31-20-33(42-40(47)21-32-25-44(4)37-13-9-8-12-36(32)37)16-19-38(31)50-39(28)26-43(3)24-30-14-17-35(18-15-30)49-34-10-6-5-7-11-34/h5-20,25,28-29,39,46H,21-24,26-27H2,1-4H3,(H,42,47)/t28-,29-,39-/m0/s1. The molecule has 1 aromatic heterocycles. The van der Waals surface area contributed by atoms with Crippen LogP contribution in [0.1, 0.15) is 30.5 Å². The molecule has 9 heteroatoms. The number of ether oxygens (including phenoxy) is 2. The molecule has 3 atom stereocenters. The molecule has 0 unspecified atom stereocenters. The number of nitrogens with zero attached hydrogens (tertiary/aromatic N) is 3. The lowest BCUT2D eigenvalue weighted by Crippen LogP contribution is -2.47. The maximum Gasteiger partial charge on any atom is 0.228 e. The summed E-state index contributed by atoms with van der Waals surface area (Å²) in [5, 5.41) is 14.1. The van der Waals surface area contributed by atoms with Gasteiger partial charge in [0.1, 0.15) is 23.4 Å². The molecule has 0 aliphatic carbocycles. The first-order chi connectivity index (χ1) is 24.2. The summed E-state index contributed by atoms with van der Waals surface area (Å²) in [5.74, 6) is 1.94. The number of hydrogen-bond acceptors (Lipinski definition) is 6. The smallest absolute Gasteiger partial charge is 0.228 e. The van der Waals surface area contributed by atoms with E-state index in [0.29, 0.717) is 36.6 Å². The zero-order valence-corrected chi connectivity index (χ0v) is 29.2.